The largest absolute Gasteiger partial charge is 0.338 e. The molecule has 0 N–H and O–H groups in total. The highest BCUT2D eigenvalue weighted by molar-refractivity contribution is 6.33. The highest BCUT2D eigenvalue weighted by Gasteiger charge is 2.23. The zero-order valence-electron chi connectivity index (χ0n) is 11.3. The maximum atomic E-state index is 6.12. The van der Waals surface area contributed by atoms with E-state index in [1.165, 1.54) is 12.8 Å². The van der Waals surface area contributed by atoms with Gasteiger partial charge in [0.25, 0.3) is 0 Å². The van der Waals surface area contributed by atoms with Crippen molar-refractivity contribution in [2.24, 2.45) is 5.92 Å². The molecule has 1 fully saturated rings. The first-order chi connectivity index (χ1) is 9.22. The Kier molecular flexibility index (Phi) is 5.02. The van der Waals surface area contributed by atoms with E-state index >= 15 is 0 Å². The van der Waals surface area contributed by atoms with Crippen molar-refractivity contribution >= 4 is 24.0 Å². The van der Waals surface area contributed by atoms with Crippen LogP contribution in [0.1, 0.15) is 18.7 Å². The Morgan fingerprint density at radius 1 is 1.35 bits per heavy atom. The van der Waals surface area contributed by atoms with Crippen LogP contribution in [0.25, 0.3) is 11.4 Å². The summed E-state index contributed by atoms with van der Waals surface area (Å²) in [5, 5.41) is 4.64. The van der Waals surface area contributed by atoms with E-state index in [9.17, 15) is 0 Å². The van der Waals surface area contributed by atoms with Crippen molar-refractivity contribution in [3.05, 3.63) is 35.2 Å². The average molecular weight is 314 g/mol. The molecule has 0 unspecified atom stereocenters. The zero-order chi connectivity index (χ0) is 13.2. The van der Waals surface area contributed by atoms with Gasteiger partial charge >= 0.3 is 0 Å². The summed E-state index contributed by atoms with van der Waals surface area (Å²) in [4.78, 5) is 6.63. The van der Waals surface area contributed by atoms with E-state index in [0.717, 1.165) is 18.0 Å². The average Bonchev–Trinajstić information content (AvgIpc) is 3.07. The molecular formula is C14H17Cl2N3O. The summed E-state index contributed by atoms with van der Waals surface area (Å²) in [6, 6.07) is 7.52. The van der Waals surface area contributed by atoms with Gasteiger partial charge in [0.15, 0.2) is 0 Å². The number of nitrogens with zero attached hydrogens (tertiary/aromatic N) is 3. The van der Waals surface area contributed by atoms with Crippen molar-refractivity contribution < 1.29 is 4.52 Å². The molecule has 3 rings (SSSR count). The Morgan fingerprint density at radius 2 is 2.10 bits per heavy atom. The third-order valence-corrected chi connectivity index (χ3v) is 3.58. The van der Waals surface area contributed by atoms with Crippen LogP contribution in [0.15, 0.2) is 28.8 Å². The van der Waals surface area contributed by atoms with Gasteiger partial charge in [0.1, 0.15) is 0 Å². The fraction of sp³-hybridized carbons (Fsp3) is 0.429. The second kappa shape index (κ2) is 6.57. The van der Waals surface area contributed by atoms with E-state index in [-0.39, 0.29) is 12.4 Å². The van der Waals surface area contributed by atoms with Gasteiger partial charge in [0.05, 0.1) is 11.6 Å². The summed E-state index contributed by atoms with van der Waals surface area (Å²) in [6.07, 6.45) is 2.69. The highest BCUT2D eigenvalue weighted by Crippen LogP contribution is 2.30. The summed E-state index contributed by atoms with van der Waals surface area (Å²) in [7, 11) is 2.08. The van der Waals surface area contributed by atoms with Crippen molar-refractivity contribution in [2.45, 2.75) is 19.4 Å². The predicted molar refractivity (Wildman–Crippen MR) is 81.1 cm³/mol. The van der Waals surface area contributed by atoms with E-state index in [0.29, 0.717) is 23.3 Å². The molecule has 6 heteroatoms. The molecule has 20 heavy (non-hydrogen) atoms. The van der Waals surface area contributed by atoms with Crippen LogP contribution < -0.4 is 0 Å². The number of hydrogen-bond acceptors (Lipinski definition) is 4. The smallest absolute Gasteiger partial charge is 0.241 e. The Balaban J connectivity index is 0.00000147. The molecule has 0 radical (unpaired) electrons. The van der Waals surface area contributed by atoms with Gasteiger partial charge in [0.2, 0.25) is 11.7 Å². The third-order valence-electron chi connectivity index (χ3n) is 3.25. The fourth-order valence-corrected chi connectivity index (χ4v) is 2.33. The highest BCUT2D eigenvalue weighted by atomic mass is 35.5. The molecule has 0 amide bonds. The van der Waals surface area contributed by atoms with Crippen LogP contribution >= 0.6 is 24.0 Å². The first kappa shape index (κ1) is 15.3. The van der Waals surface area contributed by atoms with Crippen LogP contribution in [0, 0.1) is 5.92 Å². The number of aromatic nitrogens is 2. The Morgan fingerprint density at radius 3 is 2.80 bits per heavy atom. The SMILES string of the molecule is CN(Cc1nc(-c2ccccc2Cl)no1)CC1CC1.Cl. The topological polar surface area (TPSA) is 42.2 Å². The molecule has 1 aromatic carbocycles. The monoisotopic (exact) mass is 313 g/mol. The summed E-state index contributed by atoms with van der Waals surface area (Å²) in [6.45, 7) is 1.79. The maximum Gasteiger partial charge on any atom is 0.241 e. The van der Waals surface area contributed by atoms with Crippen LogP contribution in [0.2, 0.25) is 5.02 Å². The molecule has 0 bridgehead atoms. The van der Waals surface area contributed by atoms with Crippen molar-refractivity contribution in [1.29, 1.82) is 0 Å². The first-order valence-corrected chi connectivity index (χ1v) is 6.86. The second-order valence-corrected chi connectivity index (χ2v) is 5.54. The molecule has 108 valence electrons. The standard InChI is InChI=1S/C14H16ClN3O.ClH/c1-18(8-10-6-7-10)9-13-16-14(17-19-13)11-4-2-3-5-12(11)15;/h2-5,10H,6-9H2,1H3;1H. The van der Waals surface area contributed by atoms with Gasteiger partial charge in [0, 0.05) is 12.1 Å². The fourth-order valence-electron chi connectivity index (χ4n) is 2.11. The summed E-state index contributed by atoms with van der Waals surface area (Å²) >= 11 is 6.12. The number of halogens is 2. The van der Waals surface area contributed by atoms with Crippen LogP contribution in [-0.2, 0) is 6.54 Å². The Bertz CT molecular complexity index is 569. The van der Waals surface area contributed by atoms with E-state index in [4.69, 9.17) is 16.1 Å². The molecule has 0 atom stereocenters. The lowest BCUT2D eigenvalue weighted by atomic mass is 10.2. The normalized spacial score (nSPS) is 14.3. The summed E-state index contributed by atoms with van der Waals surface area (Å²) < 4.78 is 5.29. The molecule has 1 heterocycles. The van der Waals surface area contributed by atoms with Gasteiger partial charge in [-0.1, -0.05) is 28.9 Å². The first-order valence-electron chi connectivity index (χ1n) is 6.48. The van der Waals surface area contributed by atoms with Crippen LogP contribution in [0.3, 0.4) is 0 Å². The van der Waals surface area contributed by atoms with Crippen LogP contribution in [0.5, 0.6) is 0 Å². The van der Waals surface area contributed by atoms with Gasteiger partial charge in [-0.15, -0.1) is 12.4 Å². The number of benzene rings is 1. The molecule has 0 spiro atoms. The summed E-state index contributed by atoms with van der Waals surface area (Å²) in [5.74, 6) is 2.05. The predicted octanol–water partition coefficient (Wildman–Crippen LogP) is 3.65. The van der Waals surface area contributed by atoms with Crippen LogP contribution in [-0.4, -0.2) is 28.6 Å². The van der Waals surface area contributed by atoms with E-state index in [1.807, 2.05) is 24.3 Å². The molecule has 0 saturated heterocycles. The number of rotatable bonds is 5. The maximum absolute atomic E-state index is 6.12. The third kappa shape index (κ3) is 3.72. The van der Waals surface area contributed by atoms with Gasteiger partial charge in [-0.2, -0.15) is 4.98 Å². The van der Waals surface area contributed by atoms with Gasteiger partial charge in [-0.05, 0) is 37.9 Å². The van der Waals surface area contributed by atoms with E-state index in [2.05, 4.69) is 22.1 Å². The minimum Gasteiger partial charge on any atom is -0.338 e. The molecule has 1 aliphatic rings. The van der Waals surface area contributed by atoms with Crippen molar-refractivity contribution in [3.8, 4) is 11.4 Å². The lowest BCUT2D eigenvalue weighted by Gasteiger charge is -2.12. The zero-order valence-corrected chi connectivity index (χ0v) is 12.8. The molecule has 1 saturated carbocycles. The van der Waals surface area contributed by atoms with Crippen molar-refractivity contribution in [1.82, 2.24) is 15.0 Å². The second-order valence-electron chi connectivity index (χ2n) is 5.13. The quantitative estimate of drug-likeness (QED) is 0.845. The minimum atomic E-state index is 0. The van der Waals surface area contributed by atoms with E-state index in [1.54, 1.807) is 0 Å². The lowest BCUT2D eigenvalue weighted by Crippen LogP contribution is -2.20. The van der Waals surface area contributed by atoms with Gasteiger partial charge in [-0.3, -0.25) is 4.90 Å². The van der Waals surface area contributed by atoms with Gasteiger partial charge < -0.3 is 4.52 Å². The molecule has 4 nitrogen and oxygen atoms in total. The van der Waals surface area contributed by atoms with Crippen molar-refractivity contribution in [2.75, 3.05) is 13.6 Å². The van der Waals surface area contributed by atoms with Gasteiger partial charge in [-0.25, -0.2) is 0 Å². The minimum absolute atomic E-state index is 0. The lowest BCUT2D eigenvalue weighted by molar-refractivity contribution is 0.259. The number of hydrogen-bond donors (Lipinski definition) is 0. The molecule has 0 aliphatic heterocycles. The van der Waals surface area contributed by atoms with Crippen molar-refractivity contribution in [3.63, 3.8) is 0 Å². The molecule has 2 aromatic rings. The molecular weight excluding hydrogens is 297 g/mol. The van der Waals surface area contributed by atoms with E-state index < -0.39 is 0 Å². The molecule has 1 aromatic heterocycles. The molecule has 1 aliphatic carbocycles. The van der Waals surface area contributed by atoms with Crippen LogP contribution in [0.4, 0.5) is 0 Å². The Labute approximate surface area is 129 Å². The summed E-state index contributed by atoms with van der Waals surface area (Å²) in [5.41, 5.74) is 0.809. The Hall–Kier alpha value is -1.10.